The van der Waals surface area contributed by atoms with Gasteiger partial charge in [0, 0.05) is 34.3 Å². The first-order valence-corrected chi connectivity index (χ1v) is 12.1. The highest BCUT2D eigenvalue weighted by molar-refractivity contribution is 6.43. The molecule has 0 atom stereocenters. The summed E-state index contributed by atoms with van der Waals surface area (Å²) in [4.78, 5) is 43.1. The van der Waals surface area contributed by atoms with Crippen LogP contribution >= 0.6 is 23.2 Å². The second-order valence-corrected chi connectivity index (χ2v) is 9.04. The first-order chi connectivity index (χ1) is 17.8. The minimum absolute atomic E-state index is 0.0462. The number of hydrogen-bond acceptors (Lipinski definition) is 5. The average molecular weight is 536 g/mol. The van der Waals surface area contributed by atoms with E-state index < -0.39 is 17.6 Å². The molecule has 0 radical (unpaired) electrons. The highest BCUT2D eigenvalue weighted by atomic mass is 35.5. The van der Waals surface area contributed by atoms with Crippen LogP contribution in [0.2, 0.25) is 10.0 Å². The van der Waals surface area contributed by atoms with Gasteiger partial charge in [0.05, 0.1) is 17.3 Å². The SMILES string of the molecule is Cc1ccc2cccc(OCc3c(Cl)ccc(N(C)C(=O)CNC(=O)C(=O)c4ccccc4)c3Cl)c2n1. The number of halogens is 2. The summed E-state index contributed by atoms with van der Waals surface area (Å²) >= 11 is 13.1. The molecule has 2 amide bonds. The lowest BCUT2D eigenvalue weighted by Gasteiger charge is -2.21. The van der Waals surface area contributed by atoms with E-state index in [1.165, 1.54) is 24.1 Å². The number of benzene rings is 3. The van der Waals surface area contributed by atoms with Crippen molar-refractivity contribution in [1.82, 2.24) is 10.3 Å². The van der Waals surface area contributed by atoms with Crippen molar-refractivity contribution in [2.24, 2.45) is 0 Å². The molecule has 0 aliphatic rings. The molecule has 1 heterocycles. The third kappa shape index (κ3) is 5.90. The van der Waals surface area contributed by atoms with Gasteiger partial charge in [0.25, 0.3) is 5.91 Å². The monoisotopic (exact) mass is 535 g/mol. The zero-order valence-corrected chi connectivity index (χ0v) is 21.6. The topological polar surface area (TPSA) is 88.6 Å². The number of nitrogens with zero attached hydrogens (tertiary/aromatic N) is 2. The number of hydrogen-bond donors (Lipinski definition) is 1. The molecule has 0 unspecified atom stereocenters. The highest BCUT2D eigenvalue weighted by Crippen LogP contribution is 2.35. The summed E-state index contributed by atoms with van der Waals surface area (Å²) in [5.41, 5.74) is 2.69. The number of aromatic nitrogens is 1. The summed E-state index contributed by atoms with van der Waals surface area (Å²) < 4.78 is 6.04. The molecule has 0 spiro atoms. The molecular formula is C28H23Cl2N3O4. The maximum absolute atomic E-state index is 12.8. The Kier molecular flexibility index (Phi) is 8.06. The molecule has 4 aromatic rings. The maximum atomic E-state index is 12.8. The van der Waals surface area contributed by atoms with Crippen LogP contribution in [-0.4, -0.2) is 36.2 Å². The fraction of sp³-hybridized carbons (Fsp3) is 0.143. The van der Waals surface area contributed by atoms with E-state index in [1.54, 1.807) is 30.3 Å². The molecule has 7 nitrogen and oxygen atoms in total. The van der Waals surface area contributed by atoms with Crippen molar-refractivity contribution in [2.75, 3.05) is 18.5 Å². The normalized spacial score (nSPS) is 10.7. The minimum atomic E-state index is -0.872. The number of anilines is 1. The third-order valence-corrected chi connectivity index (χ3v) is 6.51. The third-order valence-electron chi connectivity index (χ3n) is 5.74. The lowest BCUT2D eigenvalue weighted by molar-refractivity contribution is -0.122. The number of carbonyl (C=O) groups is 3. The van der Waals surface area contributed by atoms with Gasteiger partial charge in [-0.15, -0.1) is 0 Å². The van der Waals surface area contributed by atoms with Crippen LogP contribution in [0.25, 0.3) is 10.9 Å². The molecule has 9 heteroatoms. The molecule has 4 rings (SSSR count). The molecule has 0 aliphatic heterocycles. The molecule has 0 aliphatic carbocycles. The van der Waals surface area contributed by atoms with Crippen LogP contribution in [0.3, 0.4) is 0 Å². The van der Waals surface area contributed by atoms with Gasteiger partial charge in [-0.25, -0.2) is 4.98 Å². The number of rotatable bonds is 8. The van der Waals surface area contributed by atoms with E-state index in [2.05, 4.69) is 10.3 Å². The number of pyridine rings is 1. The number of amides is 2. The predicted octanol–water partition coefficient (Wildman–Crippen LogP) is 5.39. The fourth-order valence-electron chi connectivity index (χ4n) is 3.67. The first-order valence-electron chi connectivity index (χ1n) is 11.4. The van der Waals surface area contributed by atoms with E-state index in [1.807, 2.05) is 37.3 Å². The Balaban J connectivity index is 1.46. The number of para-hydroxylation sites is 1. The zero-order valence-electron chi connectivity index (χ0n) is 20.1. The summed E-state index contributed by atoms with van der Waals surface area (Å²) in [6, 6.07) is 20.9. The van der Waals surface area contributed by atoms with Gasteiger partial charge in [0.2, 0.25) is 11.7 Å². The molecule has 188 valence electrons. The Morgan fingerprint density at radius 3 is 2.46 bits per heavy atom. The van der Waals surface area contributed by atoms with Crippen LogP contribution in [0.4, 0.5) is 5.69 Å². The molecule has 3 aromatic carbocycles. The molecule has 0 saturated heterocycles. The smallest absolute Gasteiger partial charge is 0.292 e. The summed E-state index contributed by atoms with van der Waals surface area (Å²) in [6.07, 6.45) is 0. The van der Waals surface area contributed by atoms with Gasteiger partial charge in [0.15, 0.2) is 0 Å². The molecule has 0 saturated carbocycles. The molecule has 1 N–H and O–H groups in total. The molecular weight excluding hydrogens is 513 g/mol. The van der Waals surface area contributed by atoms with E-state index >= 15 is 0 Å². The van der Waals surface area contributed by atoms with Gasteiger partial charge in [-0.3, -0.25) is 14.4 Å². The van der Waals surface area contributed by atoms with Crippen molar-refractivity contribution in [3.63, 3.8) is 0 Å². The highest BCUT2D eigenvalue weighted by Gasteiger charge is 2.21. The van der Waals surface area contributed by atoms with Crippen molar-refractivity contribution in [1.29, 1.82) is 0 Å². The second-order valence-electron chi connectivity index (χ2n) is 8.26. The number of aryl methyl sites for hydroxylation is 1. The van der Waals surface area contributed by atoms with Gasteiger partial charge >= 0.3 is 0 Å². The van der Waals surface area contributed by atoms with Gasteiger partial charge in [-0.1, -0.05) is 71.7 Å². The quantitative estimate of drug-likeness (QED) is 0.241. The minimum Gasteiger partial charge on any atom is -0.487 e. The molecule has 1 aromatic heterocycles. The summed E-state index contributed by atoms with van der Waals surface area (Å²) in [7, 11) is 1.52. The van der Waals surface area contributed by atoms with Gasteiger partial charge in [0.1, 0.15) is 17.9 Å². The number of carbonyl (C=O) groups excluding carboxylic acids is 3. The Morgan fingerprint density at radius 1 is 0.946 bits per heavy atom. The summed E-state index contributed by atoms with van der Waals surface area (Å²) in [5, 5.41) is 3.91. The van der Waals surface area contributed by atoms with Crippen molar-refractivity contribution in [2.45, 2.75) is 13.5 Å². The Bertz CT molecular complexity index is 1490. The maximum Gasteiger partial charge on any atom is 0.292 e. The fourth-order valence-corrected chi connectivity index (χ4v) is 4.28. The second kappa shape index (κ2) is 11.4. The number of ether oxygens (including phenoxy) is 1. The van der Waals surface area contributed by atoms with Gasteiger partial charge < -0.3 is 15.0 Å². The van der Waals surface area contributed by atoms with E-state index in [9.17, 15) is 14.4 Å². The lowest BCUT2D eigenvalue weighted by Crippen LogP contribution is -2.41. The largest absolute Gasteiger partial charge is 0.487 e. The zero-order chi connectivity index (χ0) is 26.5. The summed E-state index contributed by atoms with van der Waals surface area (Å²) in [5.74, 6) is -1.49. The molecule has 37 heavy (non-hydrogen) atoms. The van der Waals surface area contributed by atoms with E-state index in [-0.39, 0.29) is 23.7 Å². The van der Waals surface area contributed by atoms with Crippen molar-refractivity contribution in [3.8, 4) is 5.75 Å². The number of fused-ring (bicyclic) bond motifs is 1. The molecule has 0 fully saturated rings. The van der Waals surface area contributed by atoms with Gasteiger partial charge in [-0.2, -0.15) is 0 Å². The average Bonchev–Trinajstić information content (AvgIpc) is 2.91. The van der Waals surface area contributed by atoms with E-state index in [0.29, 0.717) is 22.0 Å². The van der Waals surface area contributed by atoms with Crippen LogP contribution in [0.1, 0.15) is 21.6 Å². The molecule has 0 bridgehead atoms. The Morgan fingerprint density at radius 2 is 1.70 bits per heavy atom. The van der Waals surface area contributed by atoms with Crippen LogP contribution < -0.4 is 15.0 Å². The number of likely N-dealkylation sites (N-methyl/N-ethyl adjacent to an activating group) is 1. The van der Waals surface area contributed by atoms with Crippen molar-refractivity contribution in [3.05, 3.63) is 99.7 Å². The Hall–Kier alpha value is -3.94. The van der Waals surface area contributed by atoms with Crippen molar-refractivity contribution < 1.29 is 19.1 Å². The number of Topliss-reactive ketones (excluding diaryl/α,β-unsaturated/α-hetero) is 1. The summed E-state index contributed by atoms with van der Waals surface area (Å²) in [6.45, 7) is 1.56. The van der Waals surface area contributed by atoms with Gasteiger partial charge in [-0.05, 0) is 31.2 Å². The Labute approximate surface area is 224 Å². The van der Waals surface area contributed by atoms with Crippen LogP contribution in [0.15, 0.2) is 72.8 Å². The predicted molar refractivity (Wildman–Crippen MR) is 144 cm³/mol. The van der Waals surface area contributed by atoms with E-state index in [4.69, 9.17) is 27.9 Å². The number of nitrogens with one attached hydrogen (secondary N) is 1. The first kappa shape index (κ1) is 26.1. The standard InChI is InChI=1S/C28H23Cl2N3O4/c1-17-11-12-18-9-6-10-23(26(18)32-17)37-16-20-21(29)13-14-22(25(20)30)33(2)24(34)15-31-28(36)27(35)19-7-4-3-5-8-19/h3-14H,15-16H2,1-2H3,(H,31,36). The number of ketones is 1. The van der Waals surface area contributed by atoms with Crippen molar-refractivity contribution >= 4 is 57.4 Å². The van der Waals surface area contributed by atoms with Crippen LogP contribution in [0, 0.1) is 6.92 Å². The lowest BCUT2D eigenvalue weighted by atomic mass is 10.1. The van der Waals surface area contributed by atoms with Crippen LogP contribution in [-0.2, 0) is 16.2 Å². The van der Waals surface area contributed by atoms with Crippen LogP contribution in [0.5, 0.6) is 5.75 Å². The van der Waals surface area contributed by atoms with E-state index in [0.717, 1.165) is 16.6 Å².